The van der Waals surface area contributed by atoms with Crippen molar-refractivity contribution in [3.8, 4) is 5.75 Å². The molecule has 0 radical (unpaired) electrons. The van der Waals surface area contributed by atoms with Crippen LogP contribution in [-0.2, 0) is 4.79 Å². The van der Waals surface area contributed by atoms with E-state index in [9.17, 15) is 4.79 Å². The van der Waals surface area contributed by atoms with Crippen molar-refractivity contribution in [2.75, 3.05) is 17.2 Å². The van der Waals surface area contributed by atoms with Crippen LogP contribution in [0.2, 0.25) is 0 Å². The summed E-state index contributed by atoms with van der Waals surface area (Å²) in [4.78, 5) is 16.6. The minimum Gasteiger partial charge on any atom is -0.492 e. The van der Waals surface area contributed by atoms with E-state index >= 15 is 0 Å². The number of hydrogen-bond acceptors (Lipinski definition) is 5. The van der Waals surface area contributed by atoms with Crippen LogP contribution in [0.5, 0.6) is 5.75 Å². The van der Waals surface area contributed by atoms with Gasteiger partial charge < -0.3 is 15.4 Å². The molecule has 2 N–H and O–H groups in total. The molecule has 0 bridgehead atoms. The van der Waals surface area contributed by atoms with E-state index in [1.807, 2.05) is 50.4 Å². The number of rotatable bonds is 7. The molecule has 2 rings (SSSR count). The van der Waals surface area contributed by atoms with E-state index < -0.39 is 0 Å². The average molecular weight is 319 g/mol. The van der Waals surface area contributed by atoms with E-state index in [0.29, 0.717) is 18.2 Å². The number of carbonyl (C=O) groups is 1. The topological polar surface area (TPSA) is 63.2 Å². The first-order valence-corrected chi connectivity index (χ1v) is 8.23. The maximum absolute atomic E-state index is 12.4. The van der Waals surface area contributed by atoms with Crippen molar-refractivity contribution < 1.29 is 9.53 Å². The first-order valence-electron chi connectivity index (χ1n) is 7.35. The number of carbonyl (C=O) groups excluding carboxylic acids is 1. The highest BCUT2D eigenvalue weighted by Crippen LogP contribution is 2.25. The van der Waals surface area contributed by atoms with Crippen LogP contribution in [0.3, 0.4) is 0 Å². The molecule has 6 heteroatoms. The summed E-state index contributed by atoms with van der Waals surface area (Å²) >= 11 is 1.43. The van der Waals surface area contributed by atoms with Gasteiger partial charge in [-0.1, -0.05) is 19.1 Å². The van der Waals surface area contributed by atoms with Crippen molar-refractivity contribution in [3.63, 3.8) is 0 Å². The summed E-state index contributed by atoms with van der Waals surface area (Å²) in [5.74, 6) is 0.657. The monoisotopic (exact) mass is 319 g/mol. The molecule has 22 heavy (non-hydrogen) atoms. The molecule has 1 heterocycles. The first kappa shape index (κ1) is 16.3. The van der Waals surface area contributed by atoms with Gasteiger partial charge in [-0.3, -0.25) is 4.79 Å². The number of aromatic nitrogens is 1. The van der Waals surface area contributed by atoms with E-state index in [1.54, 1.807) is 0 Å². The lowest BCUT2D eigenvalue weighted by Crippen LogP contribution is -2.34. The number of nitrogens with zero attached hydrogens (tertiary/aromatic N) is 1. The Morgan fingerprint density at radius 3 is 2.77 bits per heavy atom. The lowest BCUT2D eigenvalue weighted by atomic mass is 10.2. The Morgan fingerprint density at radius 2 is 2.14 bits per heavy atom. The van der Waals surface area contributed by atoms with Crippen LogP contribution in [0.25, 0.3) is 0 Å². The summed E-state index contributed by atoms with van der Waals surface area (Å²) in [6, 6.07) is 7.29. The summed E-state index contributed by atoms with van der Waals surface area (Å²) in [6.07, 6.45) is 0.663. The number of benzene rings is 1. The lowest BCUT2D eigenvalue weighted by molar-refractivity contribution is -0.116. The van der Waals surface area contributed by atoms with Gasteiger partial charge >= 0.3 is 0 Å². The zero-order valence-corrected chi connectivity index (χ0v) is 13.9. The molecule has 1 aromatic heterocycles. The molecule has 0 saturated carbocycles. The Morgan fingerprint density at radius 1 is 1.36 bits per heavy atom. The second-order valence-corrected chi connectivity index (χ2v) is 5.68. The molecule has 5 nitrogen and oxygen atoms in total. The third-order valence-corrected chi connectivity index (χ3v) is 3.97. The van der Waals surface area contributed by atoms with Gasteiger partial charge in [0.05, 0.1) is 18.0 Å². The highest BCUT2D eigenvalue weighted by Gasteiger charge is 2.18. The van der Waals surface area contributed by atoms with E-state index in [0.717, 1.165) is 17.1 Å². The van der Waals surface area contributed by atoms with Gasteiger partial charge in [0.2, 0.25) is 5.91 Å². The van der Waals surface area contributed by atoms with Gasteiger partial charge in [-0.15, -0.1) is 11.3 Å². The first-order chi connectivity index (χ1) is 10.6. The van der Waals surface area contributed by atoms with Crippen LogP contribution in [0.15, 0.2) is 29.6 Å². The van der Waals surface area contributed by atoms with Gasteiger partial charge in [-0.05, 0) is 32.4 Å². The smallest absolute Gasteiger partial charge is 0.248 e. The number of thiazole rings is 1. The average Bonchev–Trinajstić information content (AvgIpc) is 2.91. The predicted molar refractivity (Wildman–Crippen MR) is 90.8 cm³/mol. The van der Waals surface area contributed by atoms with Crippen molar-refractivity contribution in [1.82, 2.24) is 4.98 Å². The number of para-hydroxylation sites is 2. The van der Waals surface area contributed by atoms with Crippen molar-refractivity contribution in [1.29, 1.82) is 0 Å². The number of ether oxygens (including phenoxy) is 1. The standard InChI is InChI=1S/C16H21N3O2S/c1-4-12(15(20)19-16-17-11(3)10-22-16)18-13-8-6-7-9-14(13)21-5-2/h6-10,12,18H,4-5H2,1-3H3,(H,17,19,20)/t12-/m0/s1. The van der Waals surface area contributed by atoms with Crippen molar-refractivity contribution in [3.05, 3.63) is 35.3 Å². The fraction of sp³-hybridized carbons (Fsp3) is 0.375. The number of hydrogen-bond donors (Lipinski definition) is 2. The van der Waals surface area contributed by atoms with Crippen LogP contribution in [0.1, 0.15) is 26.0 Å². The number of nitrogens with one attached hydrogen (secondary N) is 2. The summed E-state index contributed by atoms with van der Waals surface area (Å²) in [5.41, 5.74) is 1.73. The number of amides is 1. The molecular weight excluding hydrogens is 298 g/mol. The third kappa shape index (κ3) is 4.21. The maximum Gasteiger partial charge on any atom is 0.248 e. The maximum atomic E-state index is 12.4. The van der Waals surface area contributed by atoms with E-state index in [1.165, 1.54) is 11.3 Å². The van der Waals surface area contributed by atoms with Crippen LogP contribution in [-0.4, -0.2) is 23.5 Å². The summed E-state index contributed by atoms with van der Waals surface area (Å²) in [6.45, 7) is 6.39. The van der Waals surface area contributed by atoms with Crippen molar-refractivity contribution >= 4 is 28.1 Å². The summed E-state index contributed by atoms with van der Waals surface area (Å²) in [5, 5.41) is 8.64. The van der Waals surface area contributed by atoms with Crippen LogP contribution >= 0.6 is 11.3 Å². The molecule has 1 aromatic carbocycles. The van der Waals surface area contributed by atoms with E-state index in [-0.39, 0.29) is 11.9 Å². The minimum absolute atomic E-state index is 0.0943. The highest BCUT2D eigenvalue weighted by atomic mass is 32.1. The Kier molecular flexibility index (Phi) is 5.77. The predicted octanol–water partition coefficient (Wildman–Crippen LogP) is 3.68. The molecule has 0 unspecified atom stereocenters. The van der Waals surface area contributed by atoms with Gasteiger partial charge in [0.15, 0.2) is 5.13 Å². The molecule has 2 aromatic rings. The van der Waals surface area contributed by atoms with E-state index in [4.69, 9.17) is 4.74 Å². The molecule has 1 atom stereocenters. The quantitative estimate of drug-likeness (QED) is 0.817. The zero-order valence-electron chi connectivity index (χ0n) is 13.1. The fourth-order valence-electron chi connectivity index (χ4n) is 2.01. The molecule has 0 aliphatic rings. The van der Waals surface area contributed by atoms with Gasteiger partial charge in [-0.25, -0.2) is 4.98 Å². The van der Waals surface area contributed by atoms with Crippen molar-refractivity contribution in [2.24, 2.45) is 0 Å². The second-order valence-electron chi connectivity index (χ2n) is 4.82. The van der Waals surface area contributed by atoms with Crippen LogP contribution in [0, 0.1) is 6.92 Å². The van der Waals surface area contributed by atoms with Gasteiger partial charge in [-0.2, -0.15) is 0 Å². The Bertz CT molecular complexity index is 627. The third-order valence-electron chi connectivity index (χ3n) is 3.09. The minimum atomic E-state index is -0.342. The molecular formula is C16H21N3O2S. The van der Waals surface area contributed by atoms with Gasteiger partial charge in [0.1, 0.15) is 11.8 Å². The highest BCUT2D eigenvalue weighted by molar-refractivity contribution is 7.13. The lowest BCUT2D eigenvalue weighted by Gasteiger charge is -2.19. The normalized spacial score (nSPS) is 11.8. The van der Waals surface area contributed by atoms with Gasteiger partial charge in [0.25, 0.3) is 0 Å². The largest absolute Gasteiger partial charge is 0.492 e. The fourth-order valence-corrected chi connectivity index (χ4v) is 2.70. The molecule has 0 saturated heterocycles. The van der Waals surface area contributed by atoms with Crippen LogP contribution < -0.4 is 15.4 Å². The molecule has 0 spiro atoms. The Labute approximate surface area is 134 Å². The zero-order chi connectivity index (χ0) is 15.9. The number of aryl methyl sites for hydroxylation is 1. The molecule has 0 aliphatic heterocycles. The number of anilines is 2. The Hall–Kier alpha value is -2.08. The molecule has 1 amide bonds. The van der Waals surface area contributed by atoms with Gasteiger partial charge in [0, 0.05) is 5.38 Å². The summed E-state index contributed by atoms with van der Waals surface area (Å²) in [7, 11) is 0. The summed E-state index contributed by atoms with van der Waals surface area (Å²) < 4.78 is 5.58. The molecule has 0 fully saturated rings. The Balaban J connectivity index is 2.06. The SMILES string of the molecule is CCOc1ccccc1N[C@@H](CC)C(=O)Nc1nc(C)cs1. The van der Waals surface area contributed by atoms with Crippen LogP contribution in [0.4, 0.5) is 10.8 Å². The van der Waals surface area contributed by atoms with E-state index in [2.05, 4.69) is 15.6 Å². The second kappa shape index (κ2) is 7.79. The molecule has 118 valence electrons. The van der Waals surface area contributed by atoms with Crippen molar-refractivity contribution in [2.45, 2.75) is 33.2 Å². The molecule has 0 aliphatic carbocycles.